The number of methoxy groups -OCH3 is 1. The lowest BCUT2D eigenvalue weighted by Crippen LogP contribution is -2.63. The van der Waals surface area contributed by atoms with Crippen molar-refractivity contribution in [1.29, 1.82) is 0 Å². The van der Waals surface area contributed by atoms with E-state index in [1.54, 1.807) is 19.5 Å². The number of piperazine rings is 1. The monoisotopic (exact) mass is 978 g/mol. The third-order valence-corrected chi connectivity index (χ3v) is 15.6. The molecule has 3 heterocycles. The van der Waals surface area contributed by atoms with E-state index in [1.807, 2.05) is 59.5 Å². The van der Waals surface area contributed by atoms with Crippen LogP contribution in [-0.2, 0) is 34.4 Å². The van der Waals surface area contributed by atoms with Gasteiger partial charge in [0.2, 0.25) is 0 Å². The average Bonchev–Trinajstić information content (AvgIpc) is 3.64. The lowest BCUT2D eigenvalue weighted by Gasteiger charge is -2.50. The SMILES string of the molecule is COc1ccccc1-c1nccc(CN2CCN(C(=O)c3ccc4c(c3)C3(CCC(C(=O)O)(N(C(=O)C(F)(F)F)c5cccc(Cl)c5)CC3)C(C[C@@H](C)COc3ccnc5c3[C@H](C)CCC5)C4)CC2)n1. The molecule has 3 atom stereocenters. The van der Waals surface area contributed by atoms with Crippen molar-refractivity contribution in [2.45, 2.75) is 101 Å². The van der Waals surface area contributed by atoms with Gasteiger partial charge in [-0.2, -0.15) is 13.2 Å². The highest BCUT2D eigenvalue weighted by Gasteiger charge is 2.60. The molecule has 4 aliphatic rings. The number of fused-ring (bicyclic) bond motifs is 3. The zero-order chi connectivity index (χ0) is 49.4. The van der Waals surface area contributed by atoms with Crippen LogP contribution in [0.3, 0.4) is 0 Å². The topological polar surface area (TPSA) is 138 Å². The van der Waals surface area contributed by atoms with E-state index < -0.39 is 29.0 Å². The number of hydrogen-bond donors (Lipinski definition) is 1. The number of amides is 2. The largest absolute Gasteiger partial charge is 0.496 e. The molecule has 3 aromatic carbocycles. The molecule has 0 radical (unpaired) electrons. The van der Waals surface area contributed by atoms with Gasteiger partial charge in [0, 0.05) is 72.6 Å². The van der Waals surface area contributed by atoms with Crippen molar-refractivity contribution in [1.82, 2.24) is 24.8 Å². The molecule has 1 spiro atoms. The van der Waals surface area contributed by atoms with Gasteiger partial charge in [-0.1, -0.05) is 49.7 Å². The van der Waals surface area contributed by atoms with Crippen LogP contribution < -0.4 is 14.4 Å². The van der Waals surface area contributed by atoms with Crippen molar-refractivity contribution in [2.24, 2.45) is 11.8 Å². The van der Waals surface area contributed by atoms with Crippen LogP contribution in [0, 0.1) is 11.8 Å². The Balaban J connectivity index is 0.967. The predicted molar refractivity (Wildman–Crippen MR) is 259 cm³/mol. The molecule has 1 saturated carbocycles. The Bertz CT molecular complexity index is 2760. The smallest absolute Gasteiger partial charge is 0.471 e. The number of nitrogens with zero attached hydrogens (tertiary/aromatic N) is 6. The minimum atomic E-state index is -5.36. The number of carbonyl (C=O) groups excluding carboxylic acids is 2. The molecule has 5 aromatic rings. The Morgan fingerprint density at radius 2 is 1.69 bits per heavy atom. The number of aryl methyl sites for hydroxylation is 1. The summed E-state index contributed by atoms with van der Waals surface area (Å²) < 4.78 is 55.6. The van der Waals surface area contributed by atoms with Crippen LogP contribution in [0.4, 0.5) is 18.9 Å². The summed E-state index contributed by atoms with van der Waals surface area (Å²) in [5, 5.41) is 11.1. The first kappa shape index (κ1) is 48.9. The number of rotatable bonds is 13. The van der Waals surface area contributed by atoms with Gasteiger partial charge in [-0.15, -0.1) is 0 Å². The molecule has 1 unspecified atom stereocenters. The Kier molecular flexibility index (Phi) is 14.0. The van der Waals surface area contributed by atoms with Gasteiger partial charge in [0.05, 0.1) is 25.0 Å². The summed E-state index contributed by atoms with van der Waals surface area (Å²) in [6, 6.07) is 22.6. The zero-order valence-electron chi connectivity index (χ0n) is 39.7. The highest BCUT2D eigenvalue weighted by Crippen LogP contribution is 2.57. The van der Waals surface area contributed by atoms with Crippen LogP contribution in [0.15, 0.2) is 91.3 Å². The molecule has 368 valence electrons. The Morgan fingerprint density at radius 3 is 2.41 bits per heavy atom. The second-order valence-electron chi connectivity index (χ2n) is 19.6. The minimum Gasteiger partial charge on any atom is -0.496 e. The van der Waals surface area contributed by atoms with Gasteiger partial charge in [0.1, 0.15) is 17.0 Å². The number of para-hydroxylation sites is 1. The maximum Gasteiger partial charge on any atom is 0.471 e. The van der Waals surface area contributed by atoms with E-state index in [9.17, 15) is 32.7 Å². The van der Waals surface area contributed by atoms with Gasteiger partial charge in [0.25, 0.3) is 5.91 Å². The number of carbonyl (C=O) groups is 3. The van der Waals surface area contributed by atoms with E-state index in [-0.39, 0.29) is 54.1 Å². The number of aromatic nitrogens is 3. The summed E-state index contributed by atoms with van der Waals surface area (Å²) in [5.41, 5.74) is 3.14. The molecular formula is C54H58ClF3N6O6. The van der Waals surface area contributed by atoms with Crippen molar-refractivity contribution in [3.63, 3.8) is 0 Å². The molecule has 2 aromatic heterocycles. The number of benzene rings is 3. The van der Waals surface area contributed by atoms with Crippen molar-refractivity contribution in [3.05, 3.63) is 130 Å². The fourth-order valence-electron chi connectivity index (χ4n) is 11.8. The first-order valence-electron chi connectivity index (χ1n) is 24.2. The minimum absolute atomic E-state index is 0.0346. The molecule has 2 fully saturated rings. The van der Waals surface area contributed by atoms with E-state index in [1.165, 1.54) is 24.3 Å². The van der Waals surface area contributed by atoms with Gasteiger partial charge in [-0.05, 0) is 147 Å². The molecule has 1 saturated heterocycles. The van der Waals surface area contributed by atoms with E-state index in [0.717, 1.165) is 58.7 Å². The number of carboxylic acids is 1. The molecule has 16 heteroatoms. The van der Waals surface area contributed by atoms with Crippen molar-refractivity contribution < 1.29 is 42.1 Å². The summed E-state index contributed by atoms with van der Waals surface area (Å²) in [6.07, 6.45) is 2.36. The second-order valence-corrected chi connectivity index (χ2v) is 20.1. The van der Waals surface area contributed by atoms with Crippen molar-refractivity contribution in [2.75, 3.05) is 44.8 Å². The van der Waals surface area contributed by atoms with Gasteiger partial charge in [-0.3, -0.25) is 24.4 Å². The summed E-state index contributed by atoms with van der Waals surface area (Å²) in [4.78, 5) is 59.8. The number of aliphatic carboxylic acids is 1. The van der Waals surface area contributed by atoms with Gasteiger partial charge < -0.3 is 19.5 Å². The van der Waals surface area contributed by atoms with Gasteiger partial charge >= 0.3 is 18.1 Å². The Hall–Kier alpha value is -6.06. The van der Waals surface area contributed by atoms with Crippen LogP contribution in [-0.4, -0.2) is 99.3 Å². The molecule has 12 nitrogen and oxygen atoms in total. The lowest BCUT2D eigenvalue weighted by atomic mass is 9.59. The van der Waals surface area contributed by atoms with Crippen LogP contribution in [0.25, 0.3) is 11.4 Å². The number of ether oxygens (including phenoxy) is 2. The number of alkyl halides is 3. The quantitative estimate of drug-likeness (QED) is 0.121. The highest BCUT2D eigenvalue weighted by molar-refractivity contribution is 6.31. The second kappa shape index (κ2) is 20.0. The Labute approximate surface area is 411 Å². The molecule has 1 N–H and O–H groups in total. The number of carboxylic acid groups (broad SMARTS) is 1. The number of halogens is 4. The first-order chi connectivity index (χ1) is 33.6. The van der Waals surface area contributed by atoms with E-state index in [2.05, 4.69) is 28.7 Å². The first-order valence-corrected chi connectivity index (χ1v) is 24.6. The maximum absolute atomic E-state index is 14.5. The summed E-state index contributed by atoms with van der Waals surface area (Å²) in [7, 11) is 1.61. The molecular weight excluding hydrogens is 921 g/mol. The fraction of sp³-hybridized carbons (Fsp3) is 0.444. The van der Waals surface area contributed by atoms with Crippen molar-refractivity contribution in [3.8, 4) is 22.9 Å². The molecule has 9 rings (SSSR count). The van der Waals surface area contributed by atoms with Crippen LogP contribution in [0.1, 0.15) is 103 Å². The Morgan fingerprint density at radius 1 is 0.929 bits per heavy atom. The van der Waals surface area contributed by atoms with Gasteiger partial charge in [-0.25, -0.2) is 14.8 Å². The molecule has 0 bridgehead atoms. The van der Waals surface area contributed by atoms with E-state index in [0.29, 0.717) is 80.1 Å². The summed E-state index contributed by atoms with van der Waals surface area (Å²) in [6.45, 7) is 7.53. The maximum atomic E-state index is 14.5. The van der Waals surface area contributed by atoms with E-state index in [4.69, 9.17) is 26.1 Å². The fourth-order valence-corrected chi connectivity index (χ4v) is 12.0. The van der Waals surface area contributed by atoms with Gasteiger partial charge in [0.15, 0.2) is 5.82 Å². The van der Waals surface area contributed by atoms with Crippen LogP contribution >= 0.6 is 11.6 Å². The average molecular weight is 980 g/mol. The van der Waals surface area contributed by atoms with Crippen LogP contribution in [0.2, 0.25) is 5.02 Å². The molecule has 70 heavy (non-hydrogen) atoms. The predicted octanol–water partition coefficient (Wildman–Crippen LogP) is 10.1. The summed E-state index contributed by atoms with van der Waals surface area (Å²) in [5.74, 6) is -1.52. The zero-order valence-corrected chi connectivity index (χ0v) is 40.4. The third-order valence-electron chi connectivity index (χ3n) is 15.3. The standard InChI is InChI=1S/C54H58ClF3N6O6/c1-34(33-70-46-17-23-59-44-12-6-8-35(2)47(44)46)28-38-29-36-14-15-37(49(65)63-26-24-62(25-27-63)32-40-16-22-60-48(61-40)42-11-4-5-13-45(42)69-3)30-43(36)52(38)18-20-53(21-19-52,51(67)68)64(50(66)54(56,57)58)41-10-7-9-39(55)31-41/h4-5,7,9-11,13-17,22-23,30-31,34-35,38H,6,8,12,18-21,24-29,32-33H2,1-3H3,(H,67,68)/t34-,35-,38?,52?,53?/m1/s1. The van der Waals surface area contributed by atoms with Crippen molar-refractivity contribution >= 4 is 35.1 Å². The molecule has 3 aliphatic carbocycles. The number of pyridine rings is 1. The normalized spacial score (nSPS) is 22.8. The van der Waals surface area contributed by atoms with E-state index >= 15 is 0 Å². The lowest BCUT2D eigenvalue weighted by molar-refractivity contribution is -0.174. The highest BCUT2D eigenvalue weighted by atomic mass is 35.5. The number of anilines is 1. The molecule has 2 amide bonds. The third kappa shape index (κ3) is 9.58. The molecule has 1 aliphatic heterocycles. The number of hydrogen-bond acceptors (Lipinski definition) is 9. The van der Waals surface area contributed by atoms with Crippen LogP contribution in [0.5, 0.6) is 11.5 Å². The summed E-state index contributed by atoms with van der Waals surface area (Å²) >= 11 is 6.25.